The number of hydrogen-bond donors (Lipinski definition) is 2. The summed E-state index contributed by atoms with van der Waals surface area (Å²) in [5.41, 5.74) is 3.55. The lowest BCUT2D eigenvalue weighted by molar-refractivity contribution is -0.167. The summed E-state index contributed by atoms with van der Waals surface area (Å²) in [4.78, 5) is 22.0. The van der Waals surface area contributed by atoms with Gasteiger partial charge >= 0.3 is 12.1 Å². The van der Waals surface area contributed by atoms with E-state index in [0.717, 1.165) is 11.1 Å². The maximum Gasteiger partial charge on any atom is 0.471 e. The molecule has 0 aromatic heterocycles. The van der Waals surface area contributed by atoms with Gasteiger partial charge in [-0.3, -0.25) is 9.59 Å². The number of carbonyl (C=O) groups is 2. The van der Waals surface area contributed by atoms with Crippen LogP contribution in [0.4, 0.5) is 35.9 Å². The van der Waals surface area contributed by atoms with E-state index in [1.54, 1.807) is 66.0 Å². The Morgan fingerprint density at radius 2 is 1.06 bits per heavy atom. The highest BCUT2D eigenvalue weighted by molar-refractivity contribution is 5.95. The number of rotatable bonds is 5. The average molecular weight is 426 g/mol. The van der Waals surface area contributed by atoms with Crippen molar-refractivity contribution in [3.05, 3.63) is 72.8 Å². The minimum atomic E-state index is -4.93. The molecule has 158 valence electrons. The van der Waals surface area contributed by atoms with Gasteiger partial charge in [0.05, 0.1) is 11.4 Å². The molecule has 2 amide bonds. The second kappa shape index (κ2) is 9.21. The van der Waals surface area contributed by atoms with Crippen molar-refractivity contribution in [3.8, 4) is 11.1 Å². The monoisotopic (exact) mass is 426 g/mol. The molecule has 0 radical (unpaired) electrons. The van der Waals surface area contributed by atoms with E-state index in [2.05, 4.69) is 15.5 Å². The van der Waals surface area contributed by atoms with Crippen molar-refractivity contribution < 1.29 is 22.8 Å². The topological polar surface area (TPSA) is 82.9 Å². The molecule has 0 spiro atoms. The number of amides is 2. The van der Waals surface area contributed by atoms with Gasteiger partial charge in [0.25, 0.3) is 0 Å². The van der Waals surface area contributed by atoms with E-state index in [-0.39, 0.29) is 11.6 Å². The van der Waals surface area contributed by atoms with Gasteiger partial charge in [-0.15, -0.1) is 0 Å². The Bertz CT molecular complexity index is 1090. The molecular weight excluding hydrogens is 409 g/mol. The number of hydrogen-bond acceptors (Lipinski definition) is 4. The molecule has 3 aromatic rings. The van der Waals surface area contributed by atoms with Crippen molar-refractivity contribution >= 4 is 34.6 Å². The Kier molecular flexibility index (Phi) is 6.44. The molecule has 0 bridgehead atoms. The van der Waals surface area contributed by atoms with Crippen LogP contribution in [0.2, 0.25) is 0 Å². The zero-order valence-corrected chi connectivity index (χ0v) is 16.3. The van der Waals surface area contributed by atoms with Crippen molar-refractivity contribution in [1.82, 2.24) is 0 Å². The molecule has 0 heterocycles. The van der Waals surface area contributed by atoms with Crippen LogP contribution in [-0.2, 0) is 9.59 Å². The third kappa shape index (κ3) is 6.23. The van der Waals surface area contributed by atoms with Crippen molar-refractivity contribution in [2.24, 2.45) is 10.2 Å². The normalized spacial score (nSPS) is 11.4. The summed E-state index contributed by atoms with van der Waals surface area (Å²) in [5, 5.41) is 12.8. The molecule has 0 fully saturated rings. The van der Waals surface area contributed by atoms with E-state index in [1.807, 2.05) is 0 Å². The van der Waals surface area contributed by atoms with Gasteiger partial charge in [-0.2, -0.15) is 23.4 Å². The SMILES string of the molecule is CC(=O)Nc1ccc(N=Nc2ccc(-c3ccc(NC(=O)C(F)(F)F)cc3)cc2)cc1. The highest BCUT2D eigenvalue weighted by Gasteiger charge is 2.38. The first kappa shape index (κ1) is 21.7. The van der Waals surface area contributed by atoms with Crippen LogP contribution in [0.5, 0.6) is 0 Å². The molecule has 2 N–H and O–H groups in total. The molecule has 0 aliphatic rings. The fourth-order valence-electron chi connectivity index (χ4n) is 2.60. The average Bonchev–Trinajstić information content (AvgIpc) is 2.73. The van der Waals surface area contributed by atoms with Crippen molar-refractivity contribution in [3.63, 3.8) is 0 Å². The number of halogens is 3. The molecular formula is C22H17F3N4O2. The van der Waals surface area contributed by atoms with E-state index >= 15 is 0 Å². The molecule has 3 rings (SSSR count). The van der Waals surface area contributed by atoms with Crippen molar-refractivity contribution in [1.29, 1.82) is 0 Å². The van der Waals surface area contributed by atoms with Gasteiger partial charge in [0.1, 0.15) is 0 Å². The molecule has 0 saturated carbocycles. The summed E-state index contributed by atoms with van der Waals surface area (Å²) < 4.78 is 36.9. The van der Waals surface area contributed by atoms with Crippen LogP contribution in [0.3, 0.4) is 0 Å². The standard InChI is InChI=1S/C22H17F3N4O2/c1-14(30)26-17-10-12-20(13-11-17)29-28-19-8-4-16(5-9-19)15-2-6-18(7-3-15)27-21(31)22(23,24)25/h2-13H,1H3,(H,26,30)(H,27,31). The van der Waals surface area contributed by atoms with Gasteiger partial charge in [-0.05, 0) is 59.7 Å². The Morgan fingerprint density at radius 3 is 1.52 bits per heavy atom. The van der Waals surface area contributed by atoms with Gasteiger partial charge < -0.3 is 10.6 Å². The number of nitrogens with zero attached hydrogens (tertiary/aromatic N) is 2. The predicted octanol–water partition coefficient (Wildman–Crippen LogP) is 6.23. The van der Waals surface area contributed by atoms with E-state index in [4.69, 9.17) is 0 Å². The molecule has 0 aliphatic heterocycles. The van der Waals surface area contributed by atoms with Gasteiger partial charge in [0.2, 0.25) is 5.91 Å². The fraction of sp³-hybridized carbons (Fsp3) is 0.0909. The van der Waals surface area contributed by atoms with Crippen molar-refractivity contribution in [2.45, 2.75) is 13.1 Å². The first-order valence-electron chi connectivity index (χ1n) is 9.09. The fourth-order valence-corrected chi connectivity index (χ4v) is 2.60. The summed E-state index contributed by atoms with van der Waals surface area (Å²) >= 11 is 0. The largest absolute Gasteiger partial charge is 0.471 e. The Morgan fingerprint density at radius 1 is 0.677 bits per heavy atom. The number of nitrogens with one attached hydrogen (secondary N) is 2. The molecule has 0 aliphatic carbocycles. The van der Waals surface area contributed by atoms with Crippen molar-refractivity contribution in [2.75, 3.05) is 10.6 Å². The number of anilines is 2. The molecule has 0 atom stereocenters. The lowest BCUT2D eigenvalue weighted by Gasteiger charge is -2.08. The minimum absolute atomic E-state index is 0.0565. The zero-order valence-electron chi connectivity index (χ0n) is 16.3. The van der Waals surface area contributed by atoms with Gasteiger partial charge in [-0.1, -0.05) is 24.3 Å². The van der Waals surface area contributed by atoms with Crippen LogP contribution in [0.15, 0.2) is 83.0 Å². The van der Waals surface area contributed by atoms with Gasteiger partial charge in [-0.25, -0.2) is 0 Å². The lowest BCUT2D eigenvalue weighted by atomic mass is 10.1. The highest BCUT2D eigenvalue weighted by Crippen LogP contribution is 2.26. The number of carbonyl (C=O) groups excluding carboxylic acids is 2. The highest BCUT2D eigenvalue weighted by atomic mass is 19.4. The summed E-state index contributed by atoms with van der Waals surface area (Å²) in [5.74, 6) is -2.17. The number of benzene rings is 3. The second-order valence-electron chi connectivity index (χ2n) is 6.50. The van der Waals surface area contributed by atoms with E-state index in [9.17, 15) is 22.8 Å². The van der Waals surface area contributed by atoms with Crippen LogP contribution in [0.25, 0.3) is 11.1 Å². The molecule has 6 nitrogen and oxygen atoms in total. The Hall–Kier alpha value is -4.01. The molecule has 0 unspecified atom stereocenters. The lowest BCUT2D eigenvalue weighted by Crippen LogP contribution is -2.29. The van der Waals surface area contributed by atoms with E-state index in [0.29, 0.717) is 17.1 Å². The first-order valence-corrected chi connectivity index (χ1v) is 9.09. The molecule has 3 aromatic carbocycles. The number of azo groups is 1. The Labute approximate surface area is 175 Å². The number of alkyl halides is 3. The molecule has 0 saturated heterocycles. The van der Waals surface area contributed by atoms with Crippen LogP contribution in [-0.4, -0.2) is 18.0 Å². The third-order valence-corrected chi connectivity index (χ3v) is 4.07. The quantitative estimate of drug-likeness (QED) is 0.474. The third-order valence-electron chi connectivity index (χ3n) is 4.07. The summed E-state index contributed by atoms with van der Waals surface area (Å²) in [6, 6.07) is 20.0. The minimum Gasteiger partial charge on any atom is -0.326 e. The zero-order chi connectivity index (χ0) is 22.4. The maximum atomic E-state index is 12.3. The smallest absolute Gasteiger partial charge is 0.326 e. The maximum absolute atomic E-state index is 12.3. The van der Waals surface area contributed by atoms with E-state index in [1.165, 1.54) is 19.1 Å². The summed E-state index contributed by atoms with van der Waals surface area (Å²) in [7, 11) is 0. The summed E-state index contributed by atoms with van der Waals surface area (Å²) in [6.45, 7) is 1.43. The first-order chi connectivity index (χ1) is 14.7. The van der Waals surface area contributed by atoms with Crippen LogP contribution in [0, 0.1) is 0 Å². The Balaban J connectivity index is 1.64. The second-order valence-corrected chi connectivity index (χ2v) is 6.50. The van der Waals surface area contributed by atoms with Gasteiger partial charge in [0, 0.05) is 18.3 Å². The van der Waals surface area contributed by atoms with Crippen LogP contribution in [0.1, 0.15) is 6.92 Å². The predicted molar refractivity (Wildman–Crippen MR) is 111 cm³/mol. The van der Waals surface area contributed by atoms with Crippen LogP contribution >= 0.6 is 0 Å². The van der Waals surface area contributed by atoms with Gasteiger partial charge in [0.15, 0.2) is 0 Å². The van der Waals surface area contributed by atoms with E-state index < -0.39 is 12.1 Å². The molecule has 9 heteroatoms. The van der Waals surface area contributed by atoms with Crippen LogP contribution < -0.4 is 10.6 Å². The molecule has 31 heavy (non-hydrogen) atoms. The summed E-state index contributed by atoms with van der Waals surface area (Å²) in [6.07, 6.45) is -4.93.